The van der Waals surface area contributed by atoms with Crippen molar-refractivity contribution in [3.05, 3.63) is 53.9 Å². The first-order valence-corrected chi connectivity index (χ1v) is 5.25. The maximum absolute atomic E-state index is 11.7. The minimum atomic E-state index is -0.667. The normalized spacial score (nSPS) is 12.1. The Balaban J connectivity index is 1.92. The summed E-state index contributed by atoms with van der Waals surface area (Å²) in [6.45, 7) is 0.291. The third-order valence-corrected chi connectivity index (χ3v) is 2.37. The molecule has 1 aromatic carbocycles. The van der Waals surface area contributed by atoms with Gasteiger partial charge in [0.05, 0.1) is 12.7 Å². The summed E-state index contributed by atoms with van der Waals surface area (Å²) in [5.41, 5.74) is 6.60. The summed E-state index contributed by atoms with van der Waals surface area (Å²) in [5.74, 6) is 0.353. The summed E-state index contributed by atoms with van der Waals surface area (Å²) < 4.78 is 4.86. The number of rotatable bonds is 4. The Bertz CT molecular complexity index is 468. The molecule has 0 aliphatic heterocycles. The lowest BCUT2D eigenvalue weighted by atomic mass is 10.1. The number of nitrogens with two attached hydrogens (primary N) is 1. The van der Waals surface area contributed by atoms with E-state index in [1.54, 1.807) is 6.07 Å². The van der Waals surface area contributed by atoms with E-state index in [9.17, 15) is 4.79 Å². The van der Waals surface area contributed by atoms with Crippen LogP contribution >= 0.6 is 0 Å². The van der Waals surface area contributed by atoms with Gasteiger partial charge < -0.3 is 15.6 Å². The molecule has 0 saturated carbocycles. The van der Waals surface area contributed by atoms with Crippen LogP contribution < -0.4 is 11.1 Å². The highest BCUT2D eigenvalue weighted by molar-refractivity contribution is 5.82. The van der Waals surface area contributed by atoms with E-state index in [1.165, 1.54) is 6.20 Å². The minimum Gasteiger partial charge on any atom is -0.360 e. The van der Waals surface area contributed by atoms with Gasteiger partial charge in [0.1, 0.15) is 6.04 Å². The van der Waals surface area contributed by atoms with E-state index >= 15 is 0 Å². The fourth-order valence-electron chi connectivity index (χ4n) is 1.43. The Hall–Kier alpha value is -2.14. The Kier molecular flexibility index (Phi) is 3.52. The summed E-state index contributed by atoms with van der Waals surface area (Å²) in [4.78, 5) is 11.7. The van der Waals surface area contributed by atoms with Gasteiger partial charge >= 0.3 is 0 Å². The number of carbonyl (C=O) groups excluding carboxylic acids is 1. The monoisotopic (exact) mass is 231 g/mol. The van der Waals surface area contributed by atoms with Gasteiger partial charge in [-0.2, -0.15) is 0 Å². The number of amides is 1. The predicted molar refractivity (Wildman–Crippen MR) is 61.7 cm³/mol. The largest absolute Gasteiger partial charge is 0.360 e. The molecule has 88 valence electrons. The molecule has 2 aromatic rings. The van der Waals surface area contributed by atoms with E-state index in [2.05, 4.69) is 10.5 Å². The third-order valence-electron chi connectivity index (χ3n) is 2.37. The quantitative estimate of drug-likeness (QED) is 0.822. The van der Waals surface area contributed by atoms with Gasteiger partial charge in [-0.15, -0.1) is 0 Å². The molecular formula is C12H13N3O2. The summed E-state index contributed by atoms with van der Waals surface area (Å²) in [6, 6.07) is 10.2. The molecule has 1 unspecified atom stereocenters. The molecule has 5 nitrogen and oxygen atoms in total. The number of benzene rings is 1. The fourth-order valence-corrected chi connectivity index (χ4v) is 1.43. The van der Waals surface area contributed by atoms with E-state index in [0.717, 1.165) is 5.56 Å². The van der Waals surface area contributed by atoms with Crippen LogP contribution in [0.15, 0.2) is 47.1 Å². The van der Waals surface area contributed by atoms with Gasteiger partial charge in [0.25, 0.3) is 0 Å². The molecule has 17 heavy (non-hydrogen) atoms. The zero-order chi connectivity index (χ0) is 12.1. The number of hydrogen-bond donors (Lipinski definition) is 2. The summed E-state index contributed by atoms with van der Waals surface area (Å²) in [6.07, 6.45) is 1.53. The summed E-state index contributed by atoms with van der Waals surface area (Å²) in [7, 11) is 0. The third kappa shape index (κ3) is 2.92. The maximum atomic E-state index is 11.7. The molecule has 0 spiro atoms. The molecule has 3 N–H and O–H groups in total. The van der Waals surface area contributed by atoms with E-state index in [4.69, 9.17) is 10.3 Å². The van der Waals surface area contributed by atoms with Crippen molar-refractivity contribution in [3.8, 4) is 0 Å². The Morgan fingerprint density at radius 1 is 1.35 bits per heavy atom. The van der Waals surface area contributed by atoms with Gasteiger partial charge in [-0.3, -0.25) is 4.79 Å². The number of hydrogen-bond acceptors (Lipinski definition) is 4. The Morgan fingerprint density at radius 3 is 2.76 bits per heavy atom. The lowest BCUT2D eigenvalue weighted by molar-refractivity contribution is -0.122. The van der Waals surface area contributed by atoms with Crippen LogP contribution in [0.5, 0.6) is 0 Å². The highest BCUT2D eigenvalue weighted by atomic mass is 16.5. The van der Waals surface area contributed by atoms with E-state index in [-0.39, 0.29) is 5.91 Å². The van der Waals surface area contributed by atoms with Gasteiger partial charge in [-0.1, -0.05) is 35.5 Å². The van der Waals surface area contributed by atoms with Crippen LogP contribution in [0.25, 0.3) is 0 Å². The second kappa shape index (κ2) is 5.27. The van der Waals surface area contributed by atoms with Crippen molar-refractivity contribution < 1.29 is 9.32 Å². The molecule has 1 atom stereocenters. The molecule has 0 aliphatic carbocycles. The van der Waals surface area contributed by atoms with Crippen LogP contribution in [0.4, 0.5) is 0 Å². The minimum absolute atomic E-state index is 0.243. The molecular weight excluding hydrogens is 218 g/mol. The Morgan fingerprint density at radius 2 is 2.12 bits per heavy atom. The molecule has 0 fully saturated rings. The van der Waals surface area contributed by atoms with Crippen LogP contribution in [-0.2, 0) is 11.3 Å². The van der Waals surface area contributed by atoms with Crippen molar-refractivity contribution in [1.29, 1.82) is 0 Å². The molecule has 0 bridgehead atoms. The molecule has 1 aromatic heterocycles. The standard InChI is InChI=1S/C12H13N3O2/c13-11(9-4-2-1-3-5-9)12(16)14-8-10-6-7-15-17-10/h1-7,11H,8,13H2,(H,14,16). The lowest BCUT2D eigenvalue weighted by Crippen LogP contribution is -2.33. The van der Waals surface area contributed by atoms with E-state index in [0.29, 0.717) is 12.3 Å². The van der Waals surface area contributed by atoms with E-state index < -0.39 is 6.04 Å². The van der Waals surface area contributed by atoms with Gasteiger partial charge in [0.2, 0.25) is 5.91 Å². The van der Waals surface area contributed by atoms with Crippen molar-refractivity contribution >= 4 is 5.91 Å². The van der Waals surface area contributed by atoms with Crippen molar-refractivity contribution in [2.24, 2.45) is 5.73 Å². The molecule has 5 heteroatoms. The number of nitrogens with zero attached hydrogens (tertiary/aromatic N) is 1. The lowest BCUT2D eigenvalue weighted by Gasteiger charge is -2.11. The van der Waals surface area contributed by atoms with Crippen LogP contribution in [0.2, 0.25) is 0 Å². The fraction of sp³-hybridized carbons (Fsp3) is 0.167. The SMILES string of the molecule is NC(C(=O)NCc1ccno1)c1ccccc1. The maximum Gasteiger partial charge on any atom is 0.241 e. The smallest absolute Gasteiger partial charge is 0.241 e. The molecule has 1 heterocycles. The number of nitrogens with one attached hydrogen (secondary N) is 1. The highest BCUT2D eigenvalue weighted by Crippen LogP contribution is 2.09. The second-order valence-electron chi connectivity index (χ2n) is 3.58. The zero-order valence-corrected chi connectivity index (χ0v) is 9.17. The van der Waals surface area contributed by atoms with Crippen LogP contribution in [-0.4, -0.2) is 11.1 Å². The first kappa shape index (κ1) is 11.3. The predicted octanol–water partition coefficient (Wildman–Crippen LogP) is 0.991. The van der Waals surface area contributed by atoms with Gasteiger partial charge in [0.15, 0.2) is 5.76 Å². The van der Waals surface area contributed by atoms with Crippen LogP contribution in [0.3, 0.4) is 0 Å². The highest BCUT2D eigenvalue weighted by Gasteiger charge is 2.15. The van der Waals surface area contributed by atoms with Gasteiger partial charge in [0, 0.05) is 6.07 Å². The zero-order valence-electron chi connectivity index (χ0n) is 9.17. The Labute approximate surface area is 98.6 Å². The number of aromatic nitrogens is 1. The molecule has 0 radical (unpaired) electrons. The van der Waals surface area contributed by atoms with Crippen LogP contribution in [0, 0.1) is 0 Å². The summed E-state index contributed by atoms with van der Waals surface area (Å²) in [5, 5.41) is 6.23. The first-order chi connectivity index (χ1) is 8.27. The second-order valence-corrected chi connectivity index (χ2v) is 3.58. The summed E-state index contributed by atoms with van der Waals surface area (Å²) >= 11 is 0. The first-order valence-electron chi connectivity index (χ1n) is 5.25. The van der Waals surface area contributed by atoms with Gasteiger partial charge in [-0.05, 0) is 5.56 Å². The average Bonchev–Trinajstić information content (AvgIpc) is 2.89. The number of carbonyl (C=O) groups is 1. The van der Waals surface area contributed by atoms with Crippen molar-refractivity contribution in [2.75, 3.05) is 0 Å². The van der Waals surface area contributed by atoms with Crippen LogP contribution in [0.1, 0.15) is 17.4 Å². The average molecular weight is 231 g/mol. The molecule has 1 amide bonds. The molecule has 0 aliphatic rings. The van der Waals surface area contributed by atoms with Crippen molar-refractivity contribution in [1.82, 2.24) is 10.5 Å². The van der Waals surface area contributed by atoms with Crippen molar-refractivity contribution in [2.45, 2.75) is 12.6 Å². The molecule has 0 saturated heterocycles. The van der Waals surface area contributed by atoms with Gasteiger partial charge in [-0.25, -0.2) is 0 Å². The van der Waals surface area contributed by atoms with Crippen molar-refractivity contribution in [3.63, 3.8) is 0 Å². The van der Waals surface area contributed by atoms with E-state index in [1.807, 2.05) is 30.3 Å². The topological polar surface area (TPSA) is 81.2 Å². The molecule has 2 rings (SSSR count).